The van der Waals surface area contributed by atoms with Crippen LogP contribution in [0.5, 0.6) is 0 Å². The molecule has 1 aromatic rings. The lowest BCUT2D eigenvalue weighted by molar-refractivity contribution is 0.580. The Hall–Kier alpha value is -1.16. The van der Waals surface area contributed by atoms with Gasteiger partial charge in [0.2, 0.25) is 0 Å². The van der Waals surface area contributed by atoms with Crippen LogP contribution in [0.25, 0.3) is 0 Å². The van der Waals surface area contributed by atoms with Gasteiger partial charge in [-0.25, -0.2) is 9.97 Å². The molecule has 1 aliphatic heterocycles. The summed E-state index contributed by atoms with van der Waals surface area (Å²) in [4.78, 5) is 11.5. The highest BCUT2D eigenvalue weighted by Gasteiger charge is 2.29. The molecule has 1 saturated heterocycles. The quantitative estimate of drug-likeness (QED) is 0.878. The minimum absolute atomic E-state index is 0.646. The Balaban J connectivity index is 1.83. The topological polar surface area (TPSA) is 55.0 Å². The summed E-state index contributed by atoms with van der Waals surface area (Å²) in [6.45, 7) is 1.95. The van der Waals surface area contributed by atoms with Crippen LogP contribution in [0.1, 0.15) is 43.4 Å². The minimum atomic E-state index is 0.646. The summed E-state index contributed by atoms with van der Waals surface area (Å²) >= 11 is 0. The number of nitrogens with zero attached hydrogens (tertiary/aromatic N) is 3. The van der Waals surface area contributed by atoms with E-state index in [-0.39, 0.29) is 0 Å². The molecule has 1 atom stereocenters. The largest absolute Gasteiger partial charge is 0.353 e. The van der Waals surface area contributed by atoms with Crippen molar-refractivity contribution in [1.82, 2.24) is 9.97 Å². The summed E-state index contributed by atoms with van der Waals surface area (Å²) in [5.41, 5.74) is 8.33. The molecule has 3 rings (SSSR count). The molecule has 1 unspecified atom stereocenters. The van der Waals surface area contributed by atoms with Crippen LogP contribution in [0.2, 0.25) is 0 Å². The van der Waals surface area contributed by atoms with Crippen LogP contribution in [-0.4, -0.2) is 29.1 Å². The zero-order valence-corrected chi connectivity index (χ0v) is 10.9. The molecular weight excluding hydrogens is 224 g/mol. The standard InChI is InChI=1S/C14H22N4/c15-8-2-4-11-5-3-9-18(11)14-12-6-1-7-13(12)16-10-17-14/h10-11H,1-9,15H2. The number of aromatic nitrogens is 2. The van der Waals surface area contributed by atoms with Gasteiger partial charge in [-0.3, -0.25) is 0 Å². The second-order valence-corrected chi connectivity index (χ2v) is 5.40. The highest BCUT2D eigenvalue weighted by atomic mass is 15.2. The van der Waals surface area contributed by atoms with E-state index >= 15 is 0 Å². The molecule has 2 aliphatic rings. The van der Waals surface area contributed by atoms with Gasteiger partial charge in [-0.15, -0.1) is 0 Å². The highest BCUT2D eigenvalue weighted by Crippen LogP contribution is 2.33. The summed E-state index contributed by atoms with van der Waals surface area (Å²) in [7, 11) is 0. The first kappa shape index (κ1) is 11.9. The lowest BCUT2D eigenvalue weighted by Gasteiger charge is -2.27. The Bertz CT molecular complexity index is 418. The van der Waals surface area contributed by atoms with Crippen molar-refractivity contribution in [1.29, 1.82) is 0 Å². The highest BCUT2D eigenvalue weighted by molar-refractivity contribution is 5.52. The zero-order valence-electron chi connectivity index (χ0n) is 10.9. The van der Waals surface area contributed by atoms with E-state index in [0.717, 1.165) is 32.4 Å². The molecular formula is C14H22N4. The lowest BCUT2D eigenvalue weighted by Crippen LogP contribution is -2.31. The molecule has 4 heteroatoms. The van der Waals surface area contributed by atoms with Gasteiger partial charge in [0.15, 0.2) is 0 Å². The molecule has 0 radical (unpaired) electrons. The number of anilines is 1. The van der Waals surface area contributed by atoms with Crippen LogP contribution < -0.4 is 10.6 Å². The van der Waals surface area contributed by atoms with Crippen LogP contribution in [0.15, 0.2) is 6.33 Å². The van der Waals surface area contributed by atoms with E-state index in [4.69, 9.17) is 5.73 Å². The summed E-state index contributed by atoms with van der Waals surface area (Å²) in [5, 5.41) is 0. The van der Waals surface area contributed by atoms with Crippen molar-refractivity contribution < 1.29 is 0 Å². The second-order valence-electron chi connectivity index (χ2n) is 5.40. The Morgan fingerprint density at radius 1 is 1.28 bits per heavy atom. The van der Waals surface area contributed by atoms with Crippen LogP contribution in [0.4, 0.5) is 5.82 Å². The Morgan fingerprint density at radius 3 is 3.11 bits per heavy atom. The number of hydrogen-bond donors (Lipinski definition) is 1. The van der Waals surface area contributed by atoms with Gasteiger partial charge in [0, 0.05) is 23.8 Å². The zero-order chi connectivity index (χ0) is 12.4. The van der Waals surface area contributed by atoms with Gasteiger partial charge in [0.25, 0.3) is 0 Å². The van der Waals surface area contributed by atoms with E-state index < -0.39 is 0 Å². The minimum Gasteiger partial charge on any atom is -0.353 e. The van der Waals surface area contributed by atoms with Crippen molar-refractivity contribution in [2.24, 2.45) is 5.73 Å². The van der Waals surface area contributed by atoms with E-state index in [1.165, 1.54) is 42.8 Å². The van der Waals surface area contributed by atoms with E-state index in [2.05, 4.69) is 14.9 Å². The third-order valence-corrected chi connectivity index (χ3v) is 4.24. The van der Waals surface area contributed by atoms with Gasteiger partial charge >= 0.3 is 0 Å². The second kappa shape index (κ2) is 5.22. The van der Waals surface area contributed by atoms with E-state index in [1.54, 1.807) is 6.33 Å². The van der Waals surface area contributed by atoms with Crippen molar-refractivity contribution >= 4 is 5.82 Å². The molecule has 1 aromatic heterocycles. The van der Waals surface area contributed by atoms with E-state index in [1.807, 2.05) is 0 Å². The third-order valence-electron chi connectivity index (χ3n) is 4.24. The van der Waals surface area contributed by atoms with Crippen LogP contribution in [0, 0.1) is 0 Å². The Labute approximate surface area is 109 Å². The maximum absolute atomic E-state index is 5.64. The van der Waals surface area contributed by atoms with Gasteiger partial charge in [0.05, 0.1) is 0 Å². The van der Waals surface area contributed by atoms with Gasteiger partial charge in [0.1, 0.15) is 12.1 Å². The predicted octanol–water partition coefficient (Wildman–Crippen LogP) is 1.67. The molecule has 2 heterocycles. The van der Waals surface area contributed by atoms with Crippen LogP contribution in [0.3, 0.4) is 0 Å². The number of hydrogen-bond acceptors (Lipinski definition) is 4. The molecule has 4 nitrogen and oxygen atoms in total. The van der Waals surface area contributed by atoms with Crippen molar-refractivity contribution in [2.45, 2.75) is 51.0 Å². The molecule has 0 bridgehead atoms. The van der Waals surface area contributed by atoms with Crippen molar-refractivity contribution in [3.05, 3.63) is 17.6 Å². The van der Waals surface area contributed by atoms with Crippen molar-refractivity contribution in [3.63, 3.8) is 0 Å². The van der Waals surface area contributed by atoms with E-state index in [0.29, 0.717) is 6.04 Å². The summed E-state index contributed by atoms with van der Waals surface area (Å²) in [6, 6.07) is 0.646. The van der Waals surface area contributed by atoms with Gasteiger partial charge in [-0.05, 0) is 51.5 Å². The number of fused-ring (bicyclic) bond motifs is 1. The summed E-state index contributed by atoms with van der Waals surface area (Å²) < 4.78 is 0. The summed E-state index contributed by atoms with van der Waals surface area (Å²) in [6.07, 6.45) is 10.2. The Morgan fingerprint density at radius 2 is 2.22 bits per heavy atom. The molecule has 98 valence electrons. The molecule has 0 amide bonds. The van der Waals surface area contributed by atoms with Crippen LogP contribution >= 0.6 is 0 Å². The van der Waals surface area contributed by atoms with Crippen LogP contribution in [-0.2, 0) is 12.8 Å². The number of rotatable bonds is 4. The summed E-state index contributed by atoms with van der Waals surface area (Å²) in [5.74, 6) is 1.22. The maximum Gasteiger partial charge on any atom is 0.135 e. The van der Waals surface area contributed by atoms with Gasteiger partial charge < -0.3 is 10.6 Å². The molecule has 1 aliphatic carbocycles. The first-order valence-corrected chi connectivity index (χ1v) is 7.19. The molecule has 1 fully saturated rings. The number of aryl methyl sites for hydroxylation is 1. The molecule has 0 saturated carbocycles. The fourth-order valence-electron chi connectivity index (χ4n) is 3.36. The van der Waals surface area contributed by atoms with Gasteiger partial charge in [-0.1, -0.05) is 0 Å². The Kier molecular flexibility index (Phi) is 3.46. The smallest absolute Gasteiger partial charge is 0.135 e. The molecule has 18 heavy (non-hydrogen) atoms. The van der Waals surface area contributed by atoms with Crippen molar-refractivity contribution in [3.8, 4) is 0 Å². The fraction of sp³-hybridized carbons (Fsp3) is 0.714. The predicted molar refractivity (Wildman–Crippen MR) is 72.7 cm³/mol. The molecule has 2 N–H and O–H groups in total. The van der Waals surface area contributed by atoms with Crippen molar-refractivity contribution in [2.75, 3.05) is 18.0 Å². The molecule has 0 aromatic carbocycles. The fourth-order valence-corrected chi connectivity index (χ4v) is 3.36. The lowest BCUT2D eigenvalue weighted by atomic mass is 10.1. The monoisotopic (exact) mass is 246 g/mol. The average Bonchev–Trinajstić information content (AvgIpc) is 3.04. The average molecular weight is 246 g/mol. The normalized spacial score (nSPS) is 22.5. The molecule has 0 spiro atoms. The SMILES string of the molecule is NCCCC1CCCN1c1ncnc2c1CCC2. The third kappa shape index (κ3) is 2.09. The number of nitrogens with two attached hydrogens (primary N) is 1. The first-order chi connectivity index (χ1) is 8.90. The van der Waals surface area contributed by atoms with Gasteiger partial charge in [-0.2, -0.15) is 0 Å². The first-order valence-electron chi connectivity index (χ1n) is 7.19. The maximum atomic E-state index is 5.64. The van der Waals surface area contributed by atoms with E-state index in [9.17, 15) is 0 Å².